The van der Waals surface area contributed by atoms with Gasteiger partial charge in [-0.2, -0.15) is 0 Å². The fourth-order valence-electron chi connectivity index (χ4n) is 2.14. The van der Waals surface area contributed by atoms with Crippen LogP contribution in [-0.4, -0.2) is 7.11 Å². The fourth-order valence-corrected chi connectivity index (χ4v) is 2.14. The standard InChI is InChI=1S/C19H23NO2/c1-3-7-19(18-12-10-17(11-13-18)14-21-2)20-22-15-16-8-5-4-6-9-16/h4-13,20H,3,14-15H2,1-2H3. The van der Waals surface area contributed by atoms with Crippen molar-refractivity contribution < 1.29 is 9.57 Å². The lowest BCUT2D eigenvalue weighted by Gasteiger charge is -2.12. The predicted molar refractivity (Wildman–Crippen MR) is 89.8 cm³/mol. The number of allylic oxidation sites excluding steroid dienone is 1. The maximum atomic E-state index is 5.62. The fraction of sp³-hybridized carbons (Fsp3) is 0.263. The quantitative estimate of drug-likeness (QED) is 0.737. The molecule has 0 unspecified atom stereocenters. The van der Waals surface area contributed by atoms with Crippen LogP contribution in [0, 0.1) is 0 Å². The molecule has 0 aromatic heterocycles. The normalized spacial score (nSPS) is 11.5. The van der Waals surface area contributed by atoms with Gasteiger partial charge in [-0.1, -0.05) is 67.6 Å². The summed E-state index contributed by atoms with van der Waals surface area (Å²) >= 11 is 0. The van der Waals surface area contributed by atoms with Crippen LogP contribution in [0.5, 0.6) is 0 Å². The zero-order valence-electron chi connectivity index (χ0n) is 13.2. The Morgan fingerprint density at radius 1 is 0.955 bits per heavy atom. The Morgan fingerprint density at radius 2 is 1.64 bits per heavy atom. The van der Waals surface area contributed by atoms with E-state index in [0.29, 0.717) is 13.2 Å². The van der Waals surface area contributed by atoms with Gasteiger partial charge in [-0.05, 0) is 23.1 Å². The lowest BCUT2D eigenvalue weighted by Crippen LogP contribution is -2.13. The van der Waals surface area contributed by atoms with E-state index >= 15 is 0 Å². The van der Waals surface area contributed by atoms with Crippen molar-refractivity contribution in [3.05, 3.63) is 77.4 Å². The lowest BCUT2D eigenvalue weighted by molar-refractivity contribution is 0.0645. The monoisotopic (exact) mass is 297 g/mol. The van der Waals surface area contributed by atoms with Gasteiger partial charge in [-0.25, -0.2) is 0 Å². The summed E-state index contributed by atoms with van der Waals surface area (Å²) in [4.78, 5) is 5.62. The summed E-state index contributed by atoms with van der Waals surface area (Å²) in [5.41, 5.74) is 7.46. The van der Waals surface area contributed by atoms with E-state index < -0.39 is 0 Å². The van der Waals surface area contributed by atoms with E-state index in [-0.39, 0.29) is 0 Å². The molecule has 0 amide bonds. The van der Waals surface area contributed by atoms with Crippen molar-refractivity contribution in [1.29, 1.82) is 0 Å². The molecule has 0 fully saturated rings. The molecule has 2 aromatic rings. The molecule has 3 heteroatoms. The van der Waals surface area contributed by atoms with Crippen LogP contribution in [-0.2, 0) is 22.8 Å². The summed E-state index contributed by atoms with van der Waals surface area (Å²) in [5, 5.41) is 0. The van der Waals surface area contributed by atoms with Gasteiger partial charge in [0.1, 0.15) is 0 Å². The third-order valence-electron chi connectivity index (χ3n) is 3.25. The summed E-state index contributed by atoms with van der Waals surface area (Å²) < 4.78 is 5.13. The average molecular weight is 297 g/mol. The SMILES string of the molecule is CCC=C(NOCc1ccccc1)c1ccc(COC)cc1. The van der Waals surface area contributed by atoms with Gasteiger partial charge in [0.15, 0.2) is 0 Å². The number of rotatable bonds is 8. The lowest BCUT2D eigenvalue weighted by atomic mass is 10.1. The molecule has 0 bridgehead atoms. The second kappa shape index (κ2) is 9.03. The minimum atomic E-state index is 0.531. The van der Waals surface area contributed by atoms with Crippen molar-refractivity contribution in [1.82, 2.24) is 5.48 Å². The smallest absolute Gasteiger partial charge is 0.0996 e. The summed E-state index contributed by atoms with van der Waals surface area (Å²) in [6.45, 7) is 3.27. The van der Waals surface area contributed by atoms with Gasteiger partial charge in [-0.15, -0.1) is 0 Å². The van der Waals surface area contributed by atoms with Gasteiger partial charge in [0.25, 0.3) is 0 Å². The van der Waals surface area contributed by atoms with Crippen LogP contribution >= 0.6 is 0 Å². The first-order valence-corrected chi connectivity index (χ1v) is 7.53. The molecule has 0 atom stereocenters. The van der Waals surface area contributed by atoms with Gasteiger partial charge in [0, 0.05) is 7.11 Å². The Labute approximate surface area is 132 Å². The Morgan fingerprint density at radius 3 is 2.27 bits per heavy atom. The van der Waals surface area contributed by atoms with E-state index in [1.165, 1.54) is 0 Å². The van der Waals surface area contributed by atoms with Crippen molar-refractivity contribution >= 4 is 5.70 Å². The van der Waals surface area contributed by atoms with Gasteiger partial charge in [0.05, 0.1) is 18.9 Å². The molecule has 0 aliphatic heterocycles. The number of nitrogens with one attached hydrogen (secondary N) is 1. The summed E-state index contributed by atoms with van der Waals surface area (Å²) in [6, 6.07) is 18.4. The van der Waals surface area contributed by atoms with E-state index in [2.05, 4.69) is 42.7 Å². The molecular formula is C19H23NO2. The Balaban J connectivity index is 1.96. The molecule has 0 saturated carbocycles. The third-order valence-corrected chi connectivity index (χ3v) is 3.25. The maximum absolute atomic E-state index is 5.62. The Hall–Kier alpha value is -2.10. The van der Waals surface area contributed by atoms with Crippen molar-refractivity contribution in [2.75, 3.05) is 7.11 Å². The van der Waals surface area contributed by atoms with Gasteiger partial charge in [-0.3, -0.25) is 10.3 Å². The molecular weight excluding hydrogens is 274 g/mol. The number of hydroxylamine groups is 1. The highest BCUT2D eigenvalue weighted by Gasteiger charge is 2.02. The van der Waals surface area contributed by atoms with Crippen molar-refractivity contribution in [2.45, 2.75) is 26.6 Å². The predicted octanol–water partition coefficient (Wildman–Crippen LogP) is 4.31. The van der Waals surface area contributed by atoms with E-state index in [4.69, 9.17) is 9.57 Å². The highest BCUT2D eigenvalue weighted by atomic mass is 16.6. The molecule has 0 aliphatic carbocycles. The molecule has 116 valence electrons. The minimum absolute atomic E-state index is 0.531. The highest BCUT2D eigenvalue weighted by molar-refractivity contribution is 5.63. The minimum Gasteiger partial charge on any atom is -0.380 e. The van der Waals surface area contributed by atoms with Crippen molar-refractivity contribution in [3.63, 3.8) is 0 Å². The summed E-state index contributed by atoms with van der Waals surface area (Å²) in [6.07, 6.45) is 3.06. The number of hydrogen-bond donors (Lipinski definition) is 1. The van der Waals surface area contributed by atoms with Crippen LogP contribution in [0.25, 0.3) is 5.70 Å². The Bertz CT molecular complexity index is 576. The topological polar surface area (TPSA) is 30.5 Å². The van der Waals surface area contributed by atoms with Gasteiger partial charge < -0.3 is 4.74 Å². The number of hydrogen-bond acceptors (Lipinski definition) is 3. The van der Waals surface area contributed by atoms with Crippen LogP contribution in [0.2, 0.25) is 0 Å². The van der Waals surface area contributed by atoms with E-state index in [9.17, 15) is 0 Å². The zero-order chi connectivity index (χ0) is 15.6. The number of ether oxygens (including phenoxy) is 1. The summed E-state index contributed by atoms with van der Waals surface area (Å²) in [7, 11) is 1.70. The largest absolute Gasteiger partial charge is 0.380 e. The molecule has 0 aliphatic rings. The molecule has 1 N–H and O–H groups in total. The molecule has 2 aromatic carbocycles. The third kappa shape index (κ3) is 5.02. The molecule has 0 saturated heterocycles. The van der Waals surface area contributed by atoms with E-state index in [1.54, 1.807) is 7.11 Å². The second-order valence-corrected chi connectivity index (χ2v) is 5.03. The number of benzene rings is 2. The van der Waals surface area contributed by atoms with Crippen LogP contribution < -0.4 is 5.48 Å². The molecule has 0 spiro atoms. The van der Waals surface area contributed by atoms with Crippen molar-refractivity contribution in [3.8, 4) is 0 Å². The molecule has 0 heterocycles. The highest BCUT2D eigenvalue weighted by Crippen LogP contribution is 2.15. The van der Waals surface area contributed by atoms with Crippen LogP contribution in [0.3, 0.4) is 0 Å². The van der Waals surface area contributed by atoms with E-state index in [0.717, 1.165) is 28.8 Å². The van der Waals surface area contributed by atoms with Crippen LogP contribution in [0.1, 0.15) is 30.0 Å². The van der Waals surface area contributed by atoms with Crippen molar-refractivity contribution in [2.24, 2.45) is 0 Å². The summed E-state index contributed by atoms with van der Waals surface area (Å²) in [5.74, 6) is 0. The first-order valence-electron chi connectivity index (χ1n) is 7.53. The molecule has 2 rings (SSSR count). The van der Waals surface area contributed by atoms with Gasteiger partial charge >= 0.3 is 0 Å². The first-order chi connectivity index (χ1) is 10.8. The maximum Gasteiger partial charge on any atom is 0.0996 e. The number of methoxy groups -OCH3 is 1. The van der Waals surface area contributed by atoms with E-state index in [1.807, 2.05) is 30.3 Å². The van der Waals surface area contributed by atoms with Crippen LogP contribution in [0.4, 0.5) is 0 Å². The van der Waals surface area contributed by atoms with Gasteiger partial charge in [0.2, 0.25) is 0 Å². The zero-order valence-corrected chi connectivity index (χ0v) is 13.2. The second-order valence-electron chi connectivity index (χ2n) is 5.03. The first kappa shape index (κ1) is 16.3. The molecule has 0 radical (unpaired) electrons. The molecule has 3 nitrogen and oxygen atoms in total. The Kier molecular flexibility index (Phi) is 6.68. The average Bonchev–Trinajstić information content (AvgIpc) is 2.56. The molecule has 22 heavy (non-hydrogen) atoms. The van der Waals surface area contributed by atoms with Crippen LogP contribution in [0.15, 0.2) is 60.7 Å².